The summed E-state index contributed by atoms with van der Waals surface area (Å²) in [6, 6.07) is 6.06. The summed E-state index contributed by atoms with van der Waals surface area (Å²) in [5.74, 6) is 3.35. The number of hydrogen-bond acceptors (Lipinski definition) is 5. The maximum atomic E-state index is 5.44. The summed E-state index contributed by atoms with van der Waals surface area (Å²) in [5, 5.41) is 10.8. The number of nitrogens with zero attached hydrogens (tertiary/aromatic N) is 2. The molecule has 7 nitrogen and oxygen atoms in total. The molecule has 8 heteroatoms. The van der Waals surface area contributed by atoms with E-state index in [-0.39, 0.29) is 24.0 Å². The maximum Gasteiger partial charge on any atom is 0.231 e. The highest BCUT2D eigenvalue weighted by Gasteiger charge is 2.14. The van der Waals surface area contributed by atoms with Gasteiger partial charge in [0.15, 0.2) is 17.5 Å². The fourth-order valence-electron chi connectivity index (χ4n) is 3.04. The molecule has 0 bridgehead atoms. The molecule has 1 aromatic carbocycles. The summed E-state index contributed by atoms with van der Waals surface area (Å²) in [4.78, 5) is 4.71. The minimum Gasteiger partial charge on any atom is -0.454 e. The summed E-state index contributed by atoms with van der Waals surface area (Å²) >= 11 is 0. The van der Waals surface area contributed by atoms with Crippen molar-refractivity contribution in [2.45, 2.75) is 46.6 Å². The van der Waals surface area contributed by atoms with Crippen molar-refractivity contribution in [1.82, 2.24) is 15.8 Å². The minimum absolute atomic E-state index is 0. The molecule has 1 aliphatic heterocycles. The normalized spacial score (nSPS) is 12.6. The zero-order chi connectivity index (χ0) is 19.1. The maximum absolute atomic E-state index is 5.44. The Balaban J connectivity index is 0.00000280. The number of fused-ring (bicyclic) bond motifs is 1. The first-order chi connectivity index (χ1) is 13.2. The molecule has 2 heterocycles. The zero-order valence-electron chi connectivity index (χ0n) is 16.7. The number of nitrogens with one attached hydrogen (secondary N) is 2. The van der Waals surface area contributed by atoms with Gasteiger partial charge in [-0.15, -0.1) is 24.0 Å². The molecule has 0 amide bonds. The molecule has 2 aromatic rings. The van der Waals surface area contributed by atoms with Gasteiger partial charge in [-0.2, -0.15) is 0 Å². The van der Waals surface area contributed by atoms with E-state index < -0.39 is 0 Å². The SMILES string of the molecule is CCNC(=NCc1c(CC)noc1CC)NCCc1ccc2c(c1)OCO2.I. The fourth-order valence-corrected chi connectivity index (χ4v) is 3.04. The lowest BCUT2D eigenvalue weighted by Crippen LogP contribution is -2.38. The highest BCUT2D eigenvalue weighted by atomic mass is 127. The molecular weight excluding hydrogens is 471 g/mol. The Morgan fingerprint density at radius 1 is 1.11 bits per heavy atom. The first-order valence-corrected chi connectivity index (χ1v) is 9.62. The van der Waals surface area contributed by atoms with Gasteiger partial charge in [-0.25, -0.2) is 4.99 Å². The monoisotopic (exact) mass is 500 g/mol. The molecule has 3 rings (SSSR count). The number of rotatable bonds is 8. The highest BCUT2D eigenvalue weighted by molar-refractivity contribution is 14.0. The molecule has 0 saturated heterocycles. The van der Waals surface area contributed by atoms with Crippen LogP contribution in [0.4, 0.5) is 0 Å². The number of aromatic nitrogens is 1. The van der Waals surface area contributed by atoms with Crippen LogP contribution in [-0.2, 0) is 25.8 Å². The fraction of sp³-hybridized carbons (Fsp3) is 0.500. The summed E-state index contributed by atoms with van der Waals surface area (Å²) in [7, 11) is 0. The minimum atomic E-state index is 0. The first kappa shape index (κ1) is 22.3. The van der Waals surface area contributed by atoms with Crippen molar-refractivity contribution in [1.29, 1.82) is 0 Å². The van der Waals surface area contributed by atoms with E-state index in [1.54, 1.807) is 0 Å². The van der Waals surface area contributed by atoms with Crippen molar-refractivity contribution in [2.75, 3.05) is 19.9 Å². The van der Waals surface area contributed by atoms with E-state index in [2.05, 4.69) is 42.6 Å². The largest absolute Gasteiger partial charge is 0.454 e. The molecule has 0 spiro atoms. The van der Waals surface area contributed by atoms with Crippen LogP contribution in [0.3, 0.4) is 0 Å². The van der Waals surface area contributed by atoms with Crippen molar-refractivity contribution in [2.24, 2.45) is 4.99 Å². The van der Waals surface area contributed by atoms with Gasteiger partial charge >= 0.3 is 0 Å². The number of aliphatic imine (C=N–C) groups is 1. The highest BCUT2D eigenvalue weighted by Crippen LogP contribution is 2.32. The third kappa shape index (κ3) is 5.52. The Hall–Kier alpha value is -1.97. The Labute approximate surface area is 183 Å². The van der Waals surface area contributed by atoms with Gasteiger partial charge in [-0.1, -0.05) is 25.1 Å². The second-order valence-corrected chi connectivity index (χ2v) is 6.30. The van der Waals surface area contributed by atoms with Crippen LogP contribution < -0.4 is 20.1 Å². The van der Waals surface area contributed by atoms with Gasteiger partial charge in [-0.3, -0.25) is 0 Å². The molecule has 154 valence electrons. The number of guanidine groups is 1. The van der Waals surface area contributed by atoms with E-state index in [0.717, 1.165) is 66.8 Å². The lowest BCUT2D eigenvalue weighted by atomic mass is 10.1. The lowest BCUT2D eigenvalue weighted by Gasteiger charge is -2.11. The van der Waals surface area contributed by atoms with Gasteiger partial charge < -0.3 is 24.6 Å². The van der Waals surface area contributed by atoms with Crippen LogP contribution in [0.5, 0.6) is 11.5 Å². The molecule has 0 aliphatic carbocycles. The summed E-state index contributed by atoms with van der Waals surface area (Å²) < 4.78 is 16.2. The van der Waals surface area contributed by atoms with Crippen LogP contribution in [0.25, 0.3) is 0 Å². The third-order valence-electron chi connectivity index (χ3n) is 4.49. The predicted octanol–water partition coefficient (Wildman–Crippen LogP) is 3.44. The molecule has 0 fully saturated rings. The van der Waals surface area contributed by atoms with Gasteiger partial charge in [0.2, 0.25) is 6.79 Å². The zero-order valence-corrected chi connectivity index (χ0v) is 19.0. The van der Waals surface area contributed by atoms with Gasteiger partial charge in [-0.05, 0) is 37.5 Å². The molecule has 0 atom stereocenters. The van der Waals surface area contributed by atoms with Crippen LogP contribution in [0.1, 0.15) is 43.4 Å². The van der Waals surface area contributed by atoms with Crippen LogP contribution in [0.2, 0.25) is 0 Å². The number of halogens is 1. The van der Waals surface area contributed by atoms with Crippen LogP contribution in [0, 0.1) is 0 Å². The Bertz CT molecular complexity index is 770. The second-order valence-electron chi connectivity index (χ2n) is 6.30. The van der Waals surface area contributed by atoms with Crippen LogP contribution in [-0.4, -0.2) is 31.0 Å². The van der Waals surface area contributed by atoms with E-state index in [4.69, 9.17) is 19.0 Å². The van der Waals surface area contributed by atoms with Gasteiger partial charge in [0.1, 0.15) is 5.76 Å². The second kappa shape index (κ2) is 11.1. The molecule has 0 saturated carbocycles. The third-order valence-corrected chi connectivity index (χ3v) is 4.49. The average Bonchev–Trinajstić information content (AvgIpc) is 3.31. The van der Waals surface area contributed by atoms with E-state index in [0.29, 0.717) is 13.3 Å². The Morgan fingerprint density at radius 2 is 1.93 bits per heavy atom. The average molecular weight is 500 g/mol. The van der Waals surface area contributed by atoms with E-state index in [9.17, 15) is 0 Å². The van der Waals surface area contributed by atoms with Crippen molar-refractivity contribution in [3.63, 3.8) is 0 Å². The van der Waals surface area contributed by atoms with Gasteiger partial charge in [0, 0.05) is 25.1 Å². The molecule has 1 aliphatic rings. The number of aryl methyl sites for hydroxylation is 2. The first-order valence-electron chi connectivity index (χ1n) is 9.62. The number of hydrogen-bond donors (Lipinski definition) is 2. The van der Waals surface area contributed by atoms with Crippen molar-refractivity contribution >= 4 is 29.9 Å². The number of benzene rings is 1. The van der Waals surface area contributed by atoms with Crippen molar-refractivity contribution in [3.8, 4) is 11.5 Å². The quantitative estimate of drug-likeness (QED) is 0.329. The van der Waals surface area contributed by atoms with E-state index in [1.165, 1.54) is 5.56 Å². The van der Waals surface area contributed by atoms with E-state index >= 15 is 0 Å². The molecule has 1 aromatic heterocycles. The van der Waals surface area contributed by atoms with Crippen molar-refractivity contribution < 1.29 is 14.0 Å². The van der Waals surface area contributed by atoms with Gasteiger partial charge in [0.25, 0.3) is 0 Å². The molecule has 28 heavy (non-hydrogen) atoms. The van der Waals surface area contributed by atoms with Crippen LogP contribution >= 0.6 is 24.0 Å². The topological polar surface area (TPSA) is 80.9 Å². The van der Waals surface area contributed by atoms with Crippen LogP contribution in [0.15, 0.2) is 27.7 Å². The number of ether oxygens (including phenoxy) is 2. The lowest BCUT2D eigenvalue weighted by molar-refractivity contribution is 0.174. The smallest absolute Gasteiger partial charge is 0.231 e. The summed E-state index contributed by atoms with van der Waals surface area (Å²) in [6.07, 6.45) is 2.54. The summed E-state index contributed by atoms with van der Waals surface area (Å²) in [5.41, 5.74) is 3.29. The Morgan fingerprint density at radius 3 is 2.68 bits per heavy atom. The molecule has 0 radical (unpaired) electrons. The van der Waals surface area contributed by atoms with E-state index in [1.807, 2.05) is 12.1 Å². The standard InChI is InChI=1S/C20H28N4O3.HI/c1-4-16-15(17(5-2)27-24-16)12-23-20(21-6-3)22-10-9-14-7-8-18-19(11-14)26-13-25-18;/h7-8,11H,4-6,9-10,12-13H2,1-3H3,(H2,21,22,23);1H. The molecule has 0 unspecified atom stereocenters. The summed E-state index contributed by atoms with van der Waals surface area (Å²) in [6.45, 7) is 8.66. The molecular formula is C20H29IN4O3. The van der Waals surface area contributed by atoms with Crippen molar-refractivity contribution in [3.05, 3.63) is 40.8 Å². The van der Waals surface area contributed by atoms with Gasteiger partial charge in [0.05, 0.1) is 12.2 Å². The predicted molar refractivity (Wildman–Crippen MR) is 120 cm³/mol. The Kier molecular flexibility index (Phi) is 8.88. The molecule has 2 N–H and O–H groups in total.